The molecule has 6 aliphatic rings. The summed E-state index contributed by atoms with van der Waals surface area (Å²) < 4.78 is 0. The van der Waals surface area contributed by atoms with Gasteiger partial charge < -0.3 is 20.0 Å². The van der Waals surface area contributed by atoms with Crippen molar-refractivity contribution in [1.29, 1.82) is 0 Å². The molecule has 3 saturated carbocycles. The van der Waals surface area contributed by atoms with Gasteiger partial charge in [0.25, 0.3) is 0 Å². The Balaban J connectivity index is 1.22. The molecule has 1 aromatic heterocycles. The normalized spacial score (nSPS) is 26.1. The average molecular weight is 601 g/mol. The van der Waals surface area contributed by atoms with Gasteiger partial charge in [-0.15, -0.1) is 12.2 Å². The van der Waals surface area contributed by atoms with Crippen LogP contribution < -0.4 is 20.0 Å². The number of hydrogen-bond donors (Lipinski definition) is 0. The maximum absolute atomic E-state index is 14.3. The Bertz CT molecular complexity index is 1610. The van der Waals surface area contributed by atoms with Gasteiger partial charge in [-0.25, -0.2) is 9.97 Å². The molecule has 0 bridgehead atoms. The van der Waals surface area contributed by atoms with Crippen molar-refractivity contribution in [1.82, 2.24) is 9.97 Å². The molecule has 1 aromatic carbocycles. The van der Waals surface area contributed by atoms with Gasteiger partial charge in [0.15, 0.2) is 11.6 Å². The molecule has 6 heteroatoms. The molecule has 0 amide bonds. The number of aromatic nitrogens is 2. The van der Waals surface area contributed by atoms with Crippen molar-refractivity contribution >= 4 is 22.7 Å². The molecule has 2 aromatic rings. The molecule has 0 N–H and O–H groups in total. The lowest BCUT2D eigenvalue weighted by atomic mass is 9.65. The van der Waals surface area contributed by atoms with E-state index in [0.29, 0.717) is 18.0 Å². The molecule has 2 heterocycles. The van der Waals surface area contributed by atoms with Crippen LogP contribution in [-0.4, -0.2) is 34.3 Å². The molecule has 234 valence electrons. The zero-order valence-electron chi connectivity index (χ0n) is 26.6. The van der Waals surface area contributed by atoms with Gasteiger partial charge in [0.05, 0.1) is 11.0 Å². The second-order valence-electron chi connectivity index (χ2n) is 14.2. The van der Waals surface area contributed by atoms with Crippen LogP contribution >= 0.6 is 0 Å². The third-order valence-electron chi connectivity index (χ3n) is 11.1. The van der Waals surface area contributed by atoms with E-state index in [-0.39, 0.29) is 0 Å². The Morgan fingerprint density at radius 2 is 1.20 bits per heavy atom. The van der Waals surface area contributed by atoms with E-state index >= 15 is 0 Å². The van der Waals surface area contributed by atoms with E-state index in [1.165, 1.54) is 44.1 Å². The van der Waals surface area contributed by atoms with Gasteiger partial charge >= 0.3 is 0 Å². The van der Waals surface area contributed by atoms with E-state index in [1.54, 1.807) is 0 Å². The lowest BCUT2D eigenvalue weighted by Crippen LogP contribution is -2.65. The number of benzene rings is 1. The first-order chi connectivity index (χ1) is 22.0. The minimum absolute atomic E-state index is 0.298. The molecular formula is C39H44N4O2-2. The Morgan fingerprint density at radius 1 is 0.689 bits per heavy atom. The van der Waals surface area contributed by atoms with Gasteiger partial charge in [-0.05, 0) is 83.9 Å². The van der Waals surface area contributed by atoms with E-state index in [0.717, 1.165) is 70.9 Å². The highest BCUT2D eigenvalue weighted by Gasteiger charge is 2.45. The molecule has 2 atom stereocenters. The number of rotatable bonds is 5. The van der Waals surface area contributed by atoms with Gasteiger partial charge in [-0.3, -0.25) is 0 Å². The summed E-state index contributed by atoms with van der Waals surface area (Å²) in [5.74, 6) is 2.01. The average Bonchev–Trinajstić information content (AvgIpc) is 3.46. The monoisotopic (exact) mass is 600 g/mol. The maximum atomic E-state index is 14.3. The Hall–Kier alpha value is -3.48. The fraction of sp³-hybridized carbons (Fsp3) is 0.487. The second-order valence-corrected chi connectivity index (χ2v) is 14.2. The van der Waals surface area contributed by atoms with Crippen LogP contribution in [0.25, 0.3) is 22.2 Å². The lowest BCUT2D eigenvalue weighted by molar-refractivity contribution is -0.542. The van der Waals surface area contributed by atoms with Gasteiger partial charge in [-0.2, -0.15) is 0 Å². The molecule has 0 spiro atoms. The topological polar surface area (TPSA) is 78.4 Å². The lowest BCUT2D eigenvalue weighted by Gasteiger charge is -2.61. The molecule has 8 rings (SSSR count). The first-order valence-electron chi connectivity index (χ1n) is 17.4. The molecule has 0 radical (unpaired) electrons. The van der Waals surface area contributed by atoms with Crippen molar-refractivity contribution in [3.05, 3.63) is 83.7 Å². The molecule has 2 unspecified atom stereocenters. The first-order valence-corrected chi connectivity index (χ1v) is 17.4. The van der Waals surface area contributed by atoms with Crippen molar-refractivity contribution < 1.29 is 10.2 Å². The van der Waals surface area contributed by atoms with E-state index in [9.17, 15) is 10.2 Å². The molecular weight excluding hydrogens is 556 g/mol. The van der Waals surface area contributed by atoms with Crippen molar-refractivity contribution in [2.24, 2.45) is 5.92 Å². The predicted octanol–water partition coefficient (Wildman–Crippen LogP) is 6.86. The molecule has 3 fully saturated rings. The van der Waals surface area contributed by atoms with Crippen LogP contribution in [0, 0.1) is 5.92 Å². The Kier molecular flexibility index (Phi) is 7.53. The predicted molar refractivity (Wildman–Crippen MR) is 177 cm³/mol. The van der Waals surface area contributed by atoms with Gasteiger partial charge in [0, 0.05) is 12.1 Å². The third kappa shape index (κ3) is 4.83. The largest absolute Gasteiger partial charge is 0.851 e. The molecule has 0 saturated heterocycles. The number of nitrogens with zero attached hydrogens (tertiary/aromatic N) is 4. The van der Waals surface area contributed by atoms with Crippen LogP contribution in [0.2, 0.25) is 0 Å². The number of hydrogen-bond acceptors (Lipinski definition) is 6. The summed E-state index contributed by atoms with van der Waals surface area (Å²) in [5.41, 5.74) is 6.17. The summed E-state index contributed by atoms with van der Waals surface area (Å²) in [7, 11) is 0. The number of anilines is 2. The molecule has 6 nitrogen and oxygen atoms in total. The van der Waals surface area contributed by atoms with Gasteiger partial charge in [-0.1, -0.05) is 101 Å². The maximum Gasteiger partial charge on any atom is 0.178 e. The SMILES string of the molecule is CC(C)c1cc(C2C([O-])C(C=C3N(C4CCCCC4)c4nc5ccccc5nc4N3C3CCCCC3)C2[O-])c2cccccc1-2. The second kappa shape index (κ2) is 11.7. The minimum Gasteiger partial charge on any atom is -0.851 e. The van der Waals surface area contributed by atoms with Gasteiger partial charge in [0.2, 0.25) is 0 Å². The van der Waals surface area contributed by atoms with Crippen molar-refractivity contribution in [2.45, 2.75) is 114 Å². The minimum atomic E-state index is -0.985. The Morgan fingerprint density at radius 3 is 1.73 bits per heavy atom. The van der Waals surface area contributed by atoms with Gasteiger partial charge in [0.1, 0.15) is 5.82 Å². The smallest absolute Gasteiger partial charge is 0.178 e. The van der Waals surface area contributed by atoms with E-state index < -0.39 is 24.0 Å². The van der Waals surface area contributed by atoms with Crippen LogP contribution in [0.5, 0.6) is 0 Å². The van der Waals surface area contributed by atoms with Crippen LogP contribution in [0.1, 0.15) is 101 Å². The summed E-state index contributed by atoms with van der Waals surface area (Å²) in [6.07, 6.45) is 11.7. The van der Waals surface area contributed by atoms with E-state index in [4.69, 9.17) is 9.97 Å². The highest BCUT2D eigenvalue weighted by Crippen LogP contribution is 2.51. The van der Waals surface area contributed by atoms with E-state index in [1.807, 2.05) is 36.4 Å². The highest BCUT2D eigenvalue weighted by atomic mass is 16.3. The fourth-order valence-electron chi connectivity index (χ4n) is 8.75. The van der Waals surface area contributed by atoms with Crippen LogP contribution in [-0.2, 0) is 0 Å². The van der Waals surface area contributed by atoms with Crippen molar-refractivity contribution in [3.63, 3.8) is 0 Å². The van der Waals surface area contributed by atoms with E-state index in [2.05, 4.69) is 54.0 Å². The molecule has 45 heavy (non-hydrogen) atoms. The van der Waals surface area contributed by atoms with Crippen LogP contribution in [0.3, 0.4) is 0 Å². The molecule has 5 aliphatic carbocycles. The summed E-state index contributed by atoms with van der Waals surface area (Å²) in [5, 5.41) is 28.5. The highest BCUT2D eigenvalue weighted by molar-refractivity contribution is 5.86. The summed E-state index contributed by atoms with van der Waals surface area (Å²) >= 11 is 0. The zero-order valence-corrected chi connectivity index (χ0v) is 26.6. The standard InChI is InChI=1S/C39H44N4O2/c1-24(2)29-22-30(28-19-11-5-10-18-27(28)29)35-36(44)31(37(35)45)23-34-42(25-14-6-3-7-15-25)38-39(43(34)26-16-8-4-9-17-26)41-33-21-13-12-20-32(33)40-38/h5,10-13,18-26,31,35-37H,3-4,6-9,14-17H2,1-2H3/q-2. The zero-order chi connectivity index (χ0) is 30.7. The summed E-state index contributed by atoms with van der Waals surface area (Å²) in [4.78, 5) is 15.3. The van der Waals surface area contributed by atoms with Crippen LogP contribution in [0.15, 0.2) is 72.6 Å². The molecule has 1 aliphatic heterocycles. The quantitative estimate of drug-likeness (QED) is 0.249. The summed E-state index contributed by atoms with van der Waals surface area (Å²) in [6.45, 7) is 4.37. The van der Waals surface area contributed by atoms with Crippen molar-refractivity contribution in [2.75, 3.05) is 9.80 Å². The van der Waals surface area contributed by atoms with Crippen molar-refractivity contribution in [3.8, 4) is 11.1 Å². The number of fused-ring (bicyclic) bond motifs is 3. The first kappa shape index (κ1) is 29.0. The number of para-hydroxylation sites is 2. The Labute approximate surface area is 267 Å². The third-order valence-corrected chi connectivity index (χ3v) is 11.1. The fourth-order valence-corrected chi connectivity index (χ4v) is 8.75. The van der Waals surface area contributed by atoms with Crippen LogP contribution in [0.4, 0.5) is 11.6 Å². The summed E-state index contributed by atoms with van der Waals surface area (Å²) in [6, 6.07) is 21.2.